The number of carbonyl (C=O) groups excluding carboxylic acids is 1. The molecule has 1 unspecified atom stereocenters. The van der Waals surface area contributed by atoms with Crippen LogP contribution in [-0.2, 0) is 0 Å². The highest BCUT2D eigenvalue weighted by Crippen LogP contribution is 2.15. The van der Waals surface area contributed by atoms with Crippen LogP contribution in [0.4, 0.5) is 0 Å². The maximum Gasteiger partial charge on any atom is 0.251 e. The molecule has 2 N–H and O–H groups in total. The van der Waals surface area contributed by atoms with Gasteiger partial charge in [-0.1, -0.05) is 24.6 Å². The van der Waals surface area contributed by atoms with Crippen LogP contribution in [-0.4, -0.2) is 24.2 Å². The second-order valence-electron chi connectivity index (χ2n) is 4.65. The Morgan fingerprint density at radius 2 is 2.22 bits per heavy atom. The SMILES string of the molecule is Cc1ccc(Cl)cc1C(=O)NCCCC(C)CO. The number of hydrogen-bond acceptors (Lipinski definition) is 2. The van der Waals surface area contributed by atoms with Crippen molar-refractivity contribution in [1.82, 2.24) is 5.32 Å². The van der Waals surface area contributed by atoms with Crippen LogP contribution < -0.4 is 5.32 Å². The highest BCUT2D eigenvalue weighted by atomic mass is 35.5. The normalized spacial score (nSPS) is 12.2. The lowest BCUT2D eigenvalue weighted by Crippen LogP contribution is -2.25. The number of aliphatic hydroxyl groups is 1. The van der Waals surface area contributed by atoms with E-state index in [0.717, 1.165) is 18.4 Å². The van der Waals surface area contributed by atoms with Gasteiger partial charge in [0, 0.05) is 23.7 Å². The second kappa shape index (κ2) is 7.39. The molecule has 0 spiro atoms. The van der Waals surface area contributed by atoms with E-state index in [1.165, 1.54) is 0 Å². The van der Waals surface area contributed by atoms with Crippen LogP contribution in [0.2, 0.25) is 5.02 Å². The lowest BCUT2D eigenvalue weighted by molar-refractivity contribution is 0.0951. The van der Waals surface area contributed by atoms with Gasteiger partial charge in [0.15, 0.2) is 0 Å². The number of amides is 1. The molecule has 0 aliphatic heterocycles. The summed E-state index contributed by atoms with van der Waals surface area (Å²) in [5.41, 5.74) is 1.54. The summed E-state index contributed by atoms with van der Waals surface area (Å²) in [5, 5.41) is 12.3. The minimum Gasteiger partial charge on any atom is -0.396 e. The Morgan fingerprint density at radius 1 is 1.50 bits per heavy atom. The fraction of sp³-hybridized carbons (Fsp3) is 0.500. The average molecular weight is 270 g/mol. The fourth-order valence-corrected chi connectivity index (χ4v) is 1.85. The van der Waals surface area contributed by atoms with Crippen LogP contribution in [0, 0.1) is 12.8 Å². The highest BCUT2D eigenvalue weighted by Gasteiger charge is 2.09. The number of nitrogens with one attached hydrogen (secondary N) is 1. The molecule has 0 radical (unpaired) electrons. The predicted octanol–water partition coefficient (Wildman–Crippen LogP) is 2.79. The Balaban J connectivity index is 2.43. The van der Waals surface area contributed by atoms with Gasteiger partial charge in [-0.15, -0.1) is 0 Å². The molecule has 1 atom stereocenters. The molecule has 0 fully saturated rings. The van der Waals surface area contributed by atoms with Crippen molar-refractivity contribution < 1.29 is 9.90 Å². The van der Waals surface area contributed by atoms with E-state index in [1.807, 2.05) is 19.9 Å². The van der Waals surface area contributed by atoms with E-state index in [1.54, 1.807) is 12.1 Å². The molecule has 1 amide bonds. The van der Waals surface area contributed by atoms with E-state index in [-0.39, 0.29) is 18.4 Å². The Bertz CT molecular complexity index is 407. The molecular weight excluding hydrogens is 250 g/mol. The summed E-state index contributed by atoms with van der Waals surface area (Å²) in [6.45, 7) is 4.69. The van der Waals surface area contributed by atoms with E-state index in [4.69, 9.17) is 16.7 Å². The molecule has 18 heavy (non-hydrogen) atoms. The van der Waals surface area contributed by atoms with Gasteiger partial charge in [-0.25, -0.2) is 0 Å². The number of aryl methyl sites for hydroxylation is 1. The number of aliphatic hydroxyl groups excluding tert-OH is 1. The molecule has 0 aliphatic rings. The van der Waals surface area contributed by atoms with Gasteiger partial charge in [0.25, 0.3) is 5.91 Å². The first kappa shape index (κ1) is 15.0. The van der Waals surface area contributed by atoms with Crippen molar-refractivity contribution in [3.63, 3.8) is 0 Å². The van der Waals surface area contributed by atoms with Gasteiger partial charge in [-0.3, -0.25) is 4.79 Å². The van der Waals surface area contributed by atoms with Gasteiger partial charge in [0.2, 0.25) is 0 Å². The molecule has 0 saturated carbocycles. The molecule has 100 valence electrons. The monoisotopic (exact) mass is 269 g/mol. The summed E-state index contributed by atoms with van der Waals surface area (Å²) in [4.78, 5) is 11.9. The van der Waals surface area contributed by atoms with Crippen molar-refractivity contribution in [2.75, 3.05) is 13.2 Å². The van der Waals surface area contributed by atoms with E-state index in [2.05, 4.69) is 5.32 Å². The molecular formula is C14H20ClNO2. The van der Waals surface area contributed by atoms with E-state index < -0.39 is 0 Å². The summed E-state index contributed by atoms with van der Waals surface area (Å²) < 4.78 is 0. The molecule has 0 saturated heterocycles. The van der Waals surface area contributed by atoms with Gasteiger partial charge in [-0.2, -0.15) is 0 Å². The molecule has 1 rings (SSSR count). The van der Waals surface area contributed by atoms with Crippen molar-refractivity contribution in [2.45, 2.75) is 26.7 Å². The minimum atomic E-state index is -0.0911. The topological polar surface area (TPSA) is 49.3 Å². The standard InChI is InChI=1S/C14H20ClNO2/c1-10(9-17)4-3-7-16-14(18)13-8-12(15)6-5-11(13)2/h5-6,8,10,17H,3-4,7,9H2,1-2H3,(H,16,18). The molecule has 0 aromatic heterocycles. The Hall–Kier alpha value is -1.06. The quantitative estimate of drug-likeness (QED) is 0.780. The second-order valence-corrected chi connectivity index (χ2v) is 5.08. The molecule has 1 aromatic rings. The summed E-state index contributed by atoms with van der Waals surface area (Å²) in [6, 6.07) is 5.30. The number of halogens is 1. The number of benzene rings is 1. The van der Waals surface area contributed by atoms with Crippen molar-refractivity contribution in [1.29, 1.82) is 0 Å². The Kier molecular flexibility index (Phi) is 6.16. The average Bonchev–Trinajstić information content (AvgIpc) is 2.36. The van der Waals surface area contributed by atoms with Gasteiger partial charge in [0.05, 0.1) is 0 Å². The van der Waals surface area contributed by atoms with Crippen molar-refractivity contribution in [3.8, 4) is 0 Å². The third kappa shape index (κ3) is 4.67. The van der Waals surface area contributed by atoms with Crippen LogP contribution in [0.15, 0.2) is 18.2 Å². The number of rotatable bonds is 6. The maximum absolute atomic E-state index is 11.9. The zero-order valence-corrected chi connectivity index (χ0v) is 11.6. The Morgan fingerprint density at radius 3 is 2.89 bits per heavy atom. The maximum atomic E-state index is 11.9. The first-order valence-electron chi connectivity index (χ1n) is 6.19. The van der Waals surface area contributed by atoms with Crippen molar-refractivity contribution in [3.05, 3.63) is 34.3 Å². The van der Waals surface area contributed by atoms with Gasteiger partial charge in [0.1, 0.15) is 0 Å². The fourth-order valence-electron chi connectivity index (χ4n) is 1.68. The summed E-state index contributed by atoms with van der Waals surface area (Å²) in [6.07, 6.45) is 1.78. The molecule has 1 aromatic carbocycles. The zero-order chi connectivity index (χ0) is 13.5. The van der Waals surface area contributed by atoms with Crippen LogP contribution in [0.3, 0.4) is 0 Å². The van der Waals surface area contributed by atoms with Gasteiger partial charge >= 0.3 is 0 Å². The van der Waals surface area contributed by atoms with E-state index >= 15 is 0 Å². The minimum absolute atomic E-state index is 0.0911. The Labute approximate surface area is 113 Å². The van der Waals surface area contributed by atoms with Gasteiger partial charge in [-0.05, 0) is 43.4 Å². The third-order valence-corrected chi connectivity index (χ3v) is 3.15. The summed E-state index contributed by atoms with van der Waals surface area (Å²) in [7, 11) is 0. The van der Waals surface area contributed by atoms with Crippen molar-refractivity contribution >= 4 is 17.5 Å². The molecule has 4 heteroatoms. The highest BCUT2D eigenvalue weighted by molar-refractivity contribution is 6.31. The van der Waals surface area contributed by atoms with Crippen LogP contribution in [0.25, 0.3) is 0 Å². The first-order valence-corrected chi connectivity index (χ1v) is 6.57. The molecule has 0 aliphatic carbocycles. The summed E-state index contributed by atoms with van der Waals surface area (Å²) >= 11 is 5.87. The largest absolute Gasteiger partial charge is 0.396 e. The number of hydrogen-bond donors (Lipinski definition) is 2. The van der Waals surface area contributed by atoms with E-state index in [0.29, 0.717) is 17.1 Å². The third-order valence-electron chi connectivity index (χ3n) is 2.92. The smallest absolute Gasteiger partial charge is 0.251 e. The lowest BCUT2D eigenvalue weighted by Gasteiger charge is -2.10. The van der Waals surface area contributed by atoms with Gasteiger partial charge < -0.3 is 10.4 Å². The van der Waals surface area contributed by atoms with Crippen LogP contribution in [0.5, 0.6) is 0 Å². The molecule has 0 bridgehead atoms. The number of carbonyl (C=O) groups is 1. The van der Waals surface area contributed by atoms with Crippen LogP contribution >= 0.6 is 11.6 Å². The lowest BCUT2D eigenvalue weighted by atomic mass is 10.1. The zero-order valence-electron chi connectivity index (χ0n) is 10.9. The van der Waals surface area contributed by atoms with Crippen LogP contribution in [0.1, 0.15) is 35.7 Å². The summed E-state index contributed by atoms with van der Waals surface area (Å²) in [5.74, 6) is 0.196. The molecule has 3 nitrogen and oxygen atoms in total. The predicted molar refractivity (Wildman–Crippen MR) is 74.0 cm³/mol. The van der Waals surface area contributed by atoms with E-state index in [9.17, 15) is 4.79 Å². The molecule has 0 heterocycles. The van der Waals surface area contributed by atoms with Crippen molar-refractivity contribution in [2.24, 2.45) is 5.92 Å². The first-order chi connectivity index (χ1) is 8.54.